The van der Waals surface area contributed by atoms with Gasteiger partial charge < -0.3 is 5.11 Å². The molecule has 1 nitrogen and oxygen atoms in total. The van der Waals surface area contributed by atoms with Crippen molar-refractivity contribution in [3.8, 4) is 0 Å². The molecule has 1 unspecified atom stereocenters. The van der Waals surface area contributed by atoms with Crippen molar-refractivity contribution >= 4 is 11.6 Å². The Morgan fingerprint density at radius 1 is 1.40 bits per heavy atom. The second-order valence-electron chi connectivity index (χ2n) is 2.04. The van der Waals surface area contributed by atoms with Gasteiger partial charge in [-0.25, -0.2) is 0 Å². The molecule has 0 fully saturated rings. The zero-order valence-electron chi connectivity index (χ0n) is 5.42. The zero-order valence-corrected chi connectivity index (χ0v) is 6.17. The minimum absolute atomic E-state index is 0.560. The van der Waals surface area contributed by atoms with Crippen molar-refractivity contribution in [2.24, 2.45) is 0 Å². The van der Waals surface area contributed by atoms with Gasteiger partial charge in [-0.2, -0.15) is 0 Å². The molecule has 1 radical (unpaired) electrons. The molecule has 0 aliphatic heterocycles. The summed E-state index contributed by atoms with van der Waals surface area (Å²) < 4.78 is 0. The van der Waals surface area contributed by atoms with E-state index < -0.39 is 6.10 Å². The smallest absolute Gasteiger partial charge is 0.0805 e. The van der Waals surface area contributed by atoms with Crippen LogP contribution in [-0.4, -0.2) is 5.11 Å². The minimum Gasteiger partial charge on any atom is -0.388 e. The van der Waals surface area contributed by atoms with Crippen LogP contribution in [-0.2, 0) is 0 Å². The molecule has 0 aromatic heterocycles. The quantitative estimate of drug-likeness (QED) is 0.660. The fourth-order valence-corrected chi connectivity index (χ4v) is 1.01. The van der Waals surface area contributed by atoms with Crippen LogP contribution in [0.5, 0.6) is 0 Å². The first kappa shape index (κ1) is 7.58. The Bertz CT molecular complexity index is 220. The van der Waals surface area contributed by atoms with Crippen molar-refractivity contribution in [2.75, 3.05) is 0 Å². The van der Waals surface area contributed by atoms with Gasteiger partial charge in [0.15, 0.2) is 0 Å². The Kier molecular flexibility index (Phi) is 2.30. The molecule has 0 aliphatic carbocycles. The van der Waals surface area contributed by atoms with Crippen molar-refractivity contribution in [3.63, 3.8) is 0 Å². The van der Waals surface area contributed by atoms with E-state index in [0.717, 1.165) is 0 Å². The number of benzene rings is 1. The predicted octanol–water partition coefficient (Wildman–Crippen LogP) is 2.21. The molecule has 1 aromatic carbocycles. The average molecular weight is 156 g/mol. The molecule has 53 valence electrons. The van der Waals surface area contributed by atoms with Crippen molar-refractivity contribution < 1.29 is 5.11 Å². The van der Waals surface area contributed by atoms with Gasteiger partial charge in [0.05, 0.1) is 6.10 Å². The van der Waals surface area contributed by atoms with Crippen molar-refractivity contribution in [3.05, 3.63) is 41.8 Å². The summed E-state index contributed by atoms with van der Waals surface area (Å²) in [7, 11) is 0. The molecule has 2 heteroatoms. The van der Waals surface area contributed by atoms with Crippen LogP contribution in [0.4, 0.5) is 0 Å². The van der Waals surface area contributed by atoms with Crippen LogP contribution < -0.4 is 0 Å². The first-order chi connectivity index (χ1) is 4.72. The summed E-state index contributed by atoms with van der Waals surface area (Å²) in [4.78, 5) is 0. The predicted molar refractivity (Wildman–Crippen MR) is 41.8 cm³/mol. The summed E-state index contributed by atoms with van der Waals surface area (Å²) >= 11 is 5.72. The molecule has 10 heavy (non-hydrogen) atoms. The van der Waals surface area contributed by atoms with Crippen molar-refractivity contribution in [1.82, 2.24) is 0 Å². The molecule has 1 rings (SSSR count). The first-order valence-electron chi connectivity index (χ1n) is 2.97. The van der Waals surface area contributed by atoms with Crippen LogP contribution in [0.3, 0.4) is 0 Å². The van der Waals surface area contributed by atoms with E-state index in [4.69, 9.17) is 16.7 Å². The summed E-state index contributed by atoms with van der Waals surface area (Å²) in [5.74, 6) is 0. The third-order valence-corrected chi connectivity index (χ3v) is 1.61. The lowest BCUT2D eigenvalue weighted by Crippen LogP contribution is -1.90. The highest BCUT2D eigenvalue weighted by Crippen LogP contribution is 2.20. The Labute approximate surface area is 65.3 Å². The van der Waals surface area contributed by atoms with E-state index in [1.54, 1.807) is 12.1 Å². The lowest BCUT2D eigenvalue weighted by atomic mass is 10.1. The Balaban J connectivity index is 3.03. The standard InChI is InChI=1S/C8H8ClO/c1-6(10)7-4-2-3-5-8(7)9/h2-6,10H,1H2. The first-order valence-corrected chi connectivity index (χ1v) is 3.35. The third kappa shape index (κ3) is 1.49. The molecule has 0 heterocycles. The molecule has 0 bridgehead atoms. The second kappa shape index (κ2) is 3.04. The fourth-order valence-electron chi connectivity index (χ4n) is 0.745. The van der Waals surface area contributed by atoms with Gasteiger partial charge in [-0.3, -0.25) is 0 Å². The molecule has 1 aromatic rings. The highest BCUT2D eigenvalue weighted by molar-refractivity contribution is 6.31. The van der Waals surface area contributed by atoms with Gasteiger partial charge in [0.1, 0.15) is 0 Å². The van der Waals surface area contributed by atoms with Crippen LogP contribution in [0.2, 0.25) is 5.02 Å². The molecule has 0 amide bonds. The molecule has 0 saturated carbocycles. The summed E-state index contributed by atoms with van der Waals surface area (Å²) in [5.41, 5.74) is 0.671. The van der Waals surface area contributed by atoms with E-state index in [1.165, 1.54) is 0 Å². The monoisotopic (exact) mass is 155 g/mol. The maximum Gasteiger partial charge on any atom is 0.0805 e. The molecule has 0 saturated heterocycles. The van der Waals surface area contributed by atoms with E-state index in [9.17, 15) is 0 Å². The minimum atomic E-state index is -0.728. The van der Waals surface area contributed by atoms with Crippen LogP contribution in [0.15, 0.2) is 24.3 Å². The maximum absolute atomic E-state index is 9.01. The van der Waals surface area contributed by atoms with E-state index in [1.807, 2.05) is 12.1 Å². The van der Waals surface area contributed by atoms with Gasteiger partial charge in [-0.15, -0.1) is 0 Å². The number of halogens is 1. The van der Waals surface area contributed by atoms with E-state index in [-0.39, 0.29) is 0 Å². The summed E-state index contributed by atoms with van der Waals surface area (Å²) in [6, 6.07) is 7.11. The number of hydrogen-bond donors (Lipinski definition) is 1. The van der Waals surface area contributed by atoms with Crippen molar-refractivity contribution in [1.29, 1.82) is 0 Å². The fraction of sp³-hybridized carbons (Fsp3) is 0.125. The second-order valence-corrected chi connectivity index (χ2v) is 2.44. The molecule has 1 atom stereocenters. The van der Waals surface area contributed by atoms with Crippen molar-refractivity contribution in [2.45, 2.75) is 6.10 Å². The summed E-state index contributed by atoms with van der Waals surface area (Å²) in [6.07, 6.45) is -0.728. The SMILES string of the molecule is [CH2]C(O)c1ccccc1Cl. The number of hydrogen-bond acceptors (Lipinski definition) is 1. The molecule has 0 spiro atoms. The van der Waals surface area contributed by atoms with Crippen LogP contribution in [0, 0.1) is 6.92 Å². The van der Waals surface area contributed by atoms with E-state index in [2.05, 4.69) is 6.92 Å². The molecular weight excluding hydrogens is 148 g/mol. The van der Waals surface area contributed by atoms with Crippen LogP contribution >= 0.6 is 11.6 Å². The molecule has 0 aliphatic rings. The van der Waals surface area contributed by atoms with Gasteiger partial charge in [-0.05, 0) is 18.6 Å². The van der Waals surface area contributed by atoms with E-state index in [0.29, 0.717) is 10.6 Å². The van der Waals surface area contributed by atoms with Gasteiger partial charge >= 0.3 is 0 Å². The van der Waals surface area contributed by atoms with E-state index >= 15 is 0 Å². The highest BCUT2D eigenvalue weighted by Gasteiger charge is 2.03. The Morgan fingerprint density at radius 3 is 2.40 bits per heavy atom. The highest BCUT2D eigenvalue weighted by atomic mass is 35.5. The number of aliphatic hydroxyl groups is 1. The zero-order chi connectivity index (χ0) is 7.56. The molecular formula is C8H8ClO. The topological polar surface area (TPSA) is 20.2 Å². The van der Waals surface area contributed by atoms with Crippen LogP contribution in [0.25, 0.3) is 0 Å². The van der Waals surface area contributed by atoms with Gasteiger partial charge in [0.25, 0.3) is 0 Å². The van der Waals surface area contributed by atoms with Gasteiger partial charge in [0, 0.05) is 5.02 Å². The largest absolute Gasteiger partial charge is 0.388 e. The number of aliphatic hydroxyl groups excluding tert-OH is 1. The summed E-state index contributed by atoms with van der Waals surface area (Å²) in [5, 5.41) is 9.57. The number of rotatable bonds is 1. The third-order valence-electron chi connectivity index (χ3n) is 1.26. The lowest BCUT2D eigenvalue weighted by Gasteiger charge is -2.04. The van der Waals surface area contributed by atoms with Gasteiger partial charge in [-0.1, -0.05) is 29.8 Å². The van der Waals surface area contributed by atoms with Gasteiger partial charge in [0.2, 0.25) is 0 Å². The lowest BCUT2D eigenvalue weighted by molar-refractivity contribution is 0.226. The average Bonchev–Trinajstić information content (AvgIpc) is 1.88. The summed E-state index contributed by atoms with van der Waals surface area (Å²) in [6.45, 7) is 3.44. The molecule has 1 N–H and O–H groups in total. The van der Waals surface area contributed by atoms with Crippen LogP contribution in [0.1, 0.15) is 11.7 Å². The Morgan fingerprint density at radius 2 is 2.00 bits per heavy atom. The normalized spacial score (nSPS) is 13.1. The Hall–Kier alpha value is -0.530. The maximum atomic E-state index is 9.01.